The number of aromatic hydroxyl groups is 1. The first-order chi connectivity index (χ1) is 17.3. The lowest BCUT2D eigenvalue weighted by Crippen LogP contribution is -2.50. The predicted octanol–water partition coefficient (Wildman–Crippen LogP) is 3.67. The van der Waals surface area contributed by atoms with Gasteiger partial charge in [-0.2, -0.15) is 0 Å². The molecule has 1 N–H and O–H groups in total. The van der Waals surface area contributed by atoms with E-state index >= 15 is 0 Å². The highest BCUT2D eigenvalue weighted by molar-refractivity contribution is 5.99. The summed E-state index contributed by atoms with van der Waals surface area (Å²) in [6.07, 6.45) is 1.98. The van der Waals surface area contributed by atoms with Crippen molar-refractivity contribution in [1.29, 1.82) is 0 Å². The summed E-state index contributed by atoms with van der Waals surface area (Å²) in [4.78, 5) is 34.3. The number of aromatic nitrogens is 2. The second-order valence-corrected chi connectivity index (χ2v) is 9.75. The largest absolute Gasteiger partial charge is 0.508 e. The second kappa shape index (κ2) is 9.59. The van der Waals surface area contributed by atoms with Crippen LogP contribution in [-0.4, -0.2) is 64.1 Å². The Hall–Kier alpha value is -3.97. The Kier molecular flexibility index (Phi) is 6.33. The lowest BCUT2D eigenvalue weighted by atomic mass is 9.95. The molecular formula is C29H30N4O3. The van der Waals surface area contributed by atoms with Gasteiger partial charge in [-0.15, -0.1) is 0 Å². The van der Waals surface area contributed by atoms with E-state index in [9.17, 15) is 14.7 Å². The van der Waals surface area contributed by atoms with Crippen LogP contribution < -0.4 is 5.56 Å². The molecule has 7 heteroatoms. The van der Waals surface area contributed by atoms with Gasteiger partial charge < -0.3 is 14.9 Å². The minimum absolute atomic E-state index is 0.0604. The molecule has 1 aromatic heterocycles. The van der Waals surface area contributed by atoms with E-state index in [2.05, 4.69) is 6.58 Å². The Morgan fingerprint density at radius 1 is 1.14 bits per heavy atom. The summed E-state index contributed by atoms with van der Waals surface area (Å²) in [6, 6.07) is 17.1. The van der Waals surface area contributed by atoms with E-state index in [4.69, 9.17) is 4.98 Å². The molecule has 1 amide bonds. The molecule has 1 fully saturated rings. The summed E-state index contributed by atoms with van der Waals surface area (Å²) in [5.41, 5.74) is 2.32. The zero-order valence-corrected chi connectivity index (χ0v) is 20.6. The maximum absolute atomic E-state index is 13.8. The van der Waals surface area contributed by atoms with Crippen molar-refractivity contribution >= 4 is 27.6 Å². The SMILES string of the molecule is C=CC(=O)N1CC(Cc2nc3ccc(-c4cc(O)cc5ccccc45)cc3c(=O)n2CCN(C)C)C1. The maximum atomic E-state index is 13.8. The standard InChI is InChI=1S/C29H30N4O3/c1-4-28(35)32-17-19(18-32)13-27-30-26-10-9-21(15-25(26)29(36)33(27)12-11-31(2)3)24-16-22(34)14-20-7-5-6-8-23(20)24/h4-10,14-16,19,34H,1,11-13,17-18H2,2-3H3. The smallest absolute Gasteiger partial charge is 0.261 e. The number of carbonyl (C=O) groups is 1. The highest BCUT2D eigenvalue weighted by Gasteiger charge is 2.30. The van der Waals surface area contributed by atoms with Crippen molar-refractivity contribution < 1.29 is 9.90 Å². The highest BCUT2D eigenvalue weighted by atomic mass is 16.3. The predicted molar refractivity (Wildman–Crippen MR) is 143 cm³/mol. The number of hydrogen-bond donors (Lipinski definition) is 1. The number of rotatable bonds is 7. The normalized spacial score (nSPS) is 13.9. The lowest BCUT2D eigenvalue weighted by molar-refractivity contribution is -0.132. The average Bonchev–Trinajstić information content (AvgIpc) is 2.84. The number of phenolic OH excluding ortho intramolecular Hbond substituents is 1. The summed E-state index contributed by atoms with van der Waals surface area (Å²) >= 11 is 0. The molecule has 7 nitrogen and oxygen atoms in total. The van der Waals surface area contributed by atoms with Crippen LogP contribution in [0.2, 0.25) is 0 Å². The number of phenols is 1. The third-order valence-corrected chi connectivity index (χ3v) is 6.88. The van der Waals surface area contributed by atoms with E-state index in [0.717, 1.165) is 27.7 Å². The van der Waals surface area contributed by atoms with Crippen LogP contribution in [0.4, 0.5) is 0 Å². The summed E-state index contributed by atoms with van der Waals surface area (Å²) < 4.78 is 1.78. The van der Waals surface area contributed by atoms with Crippen LogP contribution in [0.1, 0.15) is 5.82 Å². The van der Waals surface area contributed by atoms with Crippen molar-refractivity contribution in [3.8, 4) is 16.9 Å². The first-order valence-electron chi connectivity index (χ1n) is 12.2. The van der Waals surface area contributed by atoms with Crippen molar-refractivity contribution in [1.82, 2.24) is 19.4 Å². The molecule has 0 atom stereocenters. The van der Waals surface area contributed by atoms with Crippen molar-refractivity contribution in [2.24, 2.45) is 5.92 Å². The molecule has 0 unspecified atom stereocenters. The van der Waals surface area contributed by atoms with Gasteiger partial charge >= 0.3 is 0 Å². The van der Waals surface area contributed by atoms with E-state index in [1.807, 2.05) is 61.5 Å². The van der Waals surface area contributed by atoms with Gasteiger partial charge in [0.15, 0.2) is 0 Å². The second-order valence-electron chi connectivity index (χ2n) is 9.75. The molecule has 0 radical (unpaired) electrons. The van der Waals surface area contributed by atoms with E-state index in [0.29, 0.717) is 43.5 Å². The van der Waals surface area contributed by atoms with E-state index in [1.54, 1.807) is 21.6 Å². The minimum Gasteiger partial charge on any atom is -0.508 e. The topological polar surface area (TPSA) is 78.7 Å². The van der Waals surface area contributed by atoms with Crippen molar-refractivity contribution in [3.05, 3.63) is 83.4 Å². The quantitative estimate of drug-likeness (QED) is 0.407. The zero-order chi connectivity index (χ0) is 25.4. The van der Waals surface area contributed by atoms with E-state index in [-0.39, 0.29) is 23.1 Å². The molecule has 184 valence electrons. The first kappa shape index (κ1) is 23.8. The van der Waals surface area contributed by atoms with Crippen LogP contribution in [-0.2, 0) is 17.8 Å². The van der Waals surface area contributed by atoms with Gasteiger partial charge in [0.05, 0.1) is 10.9 Å². The van der Waals surface area contributed by atoms with E-state index in [1.165, 1.54) is 6.08 Å². The number of likely N-dealkylation sites (tertiary alicyclic amines) is 1. The van der Waals surface area contributed by atoms with Crippen molar-refractivity contribution in [2.45, 2.75) is 13.0 Å². The van der Waals surface area contributed by atoms with Crippen LogP contribution in [0.15, 0.2) is 72.0 Å². The van der Waals surface area contributed by atoms with Crippen LogP contribution in [0.3, 0.4) is 0 Å². The van der Waals surface area contributed by atoms with Crippen LogP contribution in [0, 0.1) is 5.92 Å². The number of fused-ring (bicyclic) bond motifs is 2. The molecule has 0 spiro atoms. The number of likely N-dealkylation sites (N-methyl/N-ethyl adjacent to an activating group) is 1. The lowest BCUT2D eigenvalue weighted by Gasteiger charge is -2.38. The highest BCUT2D eigenvalue weighted by Crippen LogP contribution is 2.33. The number of nitrogens with zero attached hydrogens (tertiary/aromatic N) is 4. The summed E-state index contributed by atoms with van der Waals surface area (Å²) in [6.45, 7) is 6.10. The van der Waals surface area contributed by atoms with Crippen LogP contribution in [0.5, 0.6) is 5.75 Å². The molecule has 0 saturated carbocycles. The summed E-state index contributed by atoms with van der Waals surface area (Å²) in [7, 11) is 3.96. The number of hydrogen-bond acceptors (Lipinski definition) is 5. The summed E-state index contributed by atoms with van der Waals surface area (Å²) in [5.74, 6) is 1.14. The van der Waals surface area contributed by atoms with E-state index < -0.39 is 0 Å². The molecule has 0 aliphatic carbocycles. The Bertz CT molecular complexity index is 1530. The Morgan fingerprint density at radius 2 is 1.92 bits per heavy atom. The van der Waals surface area contributed by atoms with Crippen molar-refractivity contribution in [3.63, 3.8) is 0 Å². The Morgan fingerprint density at radius 3 is 2.67 bits per heavy atom. The molecule has 1 saturated heterocycles. The molecule has 36 heavy (non-hydrogen) atoms. The minimum atomic E-state index is -0.0680. The number of benzene rings is 3. The fourth-order valence-electron chi connectivity index (χ4n) is 4.92. The fourth-order valence-corrected chi connectivity index (χ4v) is 4.92. The average molecular weight is 483 g/mol. The van der Waals surface area contributed by atoms with Gasteiger partial charge in [0, 0.05) is 38.5 Å². The molecular weight excluding hydrogens is 452 g/mol. The van der Waals surface area contributed by atoms with Gasteiger partial charge in [0.1, 0.15) is 11.6 Å². The molecule has 4 aromatic rings. The summed E-state index contributed by atoms with van der Waals surface area (Å²) in [5, 5.41) is 12.8. The molecule has 3 aromatic carbocycles. The molecule has 1 aliphatic heterocycles. The number of carbonyl (C=O) groups excluding carboxylic acids is 1. The third-order valence-electron chi connectivity index (χ3n) is 6.88. The van der Waals surface area contributed by atoms with Crippen LogP contribution >= 0.6 is 0 Å². The van der Waals surface area contributed by atoms with Gasteiger partial charge in [0.25, 0.3) is 5.56 Å². The third kappa shape index (κ3) is 4.50. The molecule has 5 rings (SSSR count). The monoisotopic (exact) mass is 482 g/mol. The maximum Gasteiger partial charge on any atom is 0.261 e. The fraction of sp³-hybridized carbons (Fsp3) is 0.276. The Balaban J connectivity index is 1.56. The van der Waals surface area contributed by atoms with Gasteiger partial charge in [-0.3, -0.25) is 14.2 Å². The Labute approximate surface area is 209 Å². The number of amides is 1. The molecule has 2 heterocycles. The van der Waals surface area contributed by atoms with Gasteiger partial charge in [-0.05, 0) is 66.3 Å². The molecule has 0 bridgehead atoms. The van der Waals surface area contributed by atoms with Crippen molar-refractivity contribution in [2.75, 3.05) is 33.7 Å². The van der Waals surface area contributed by atoms with Crippen LogP contribution in [0.25, 0.3) is 32.8 Å². The van der Waals surface area contributed by atoms with Gasteiger partial charge in [-0.25, -0.2) is 4.98 Å². The molecule has 1 aliphatic rings. The van der Waals surface area contributed by atoms with Gasteiger partial charge in [0.2, 0.25) is 5.91 Å². The van der Waals surface area contributed by atoms with Gasteiger partial charge in [-0.1, -0.05) is 36.9 Å². The zero-order valence-electron chi connectivity index (χ0n) is 20.6. The first-order valence-corrected chi connectivity index (χ1v) is 12.2.